The van der Waals surface area contributed by atoms with E-state index < -0.39 is 12.0 Å². The van der Waals surface area contributed by atoms with E-state index in [2.05, 4.69) is 5.32 Å². The lowest BCUT2D eigenvalue weighted by Gasteiger charge is -2.18. The van der Waals surface area contributed by atoms with Crippen LogP contribution in [0.5, 0.6) is 0 Å². The van der Waals surface area contributed by atoms with Crippen LogP contribution in [-0.2, 0) is 9.53 Å². The minimum atomic E-state index is -0.901. The molecule has 1 atom stereocenters. The van der Waals surface area contributed by atoms with E-state index in [1.165, 1.54) is 0 Å². The molecule has 5 heteroatoms. The first kappa shape index (κ1) is 17.3. The van der Waals surface area contributed by atoms with Crippen molar-refractivity contribution in [3.8, 4) is 0 Å². The minimum absolute atomic E-state index is 0.0404. The standard InChI is InChI=1S/C16H23NO4/c1-11-4-5-12(2)13(10-11)16(20)14(6-7-15(18)19)17-8-9-21-3/h4-5,10,14,17H,6-9H2,1-3H3,(H,18,19). The number of ether oxygens (including phenoxy) is 1. The maximum atomic E-state index is 12.6. The average molecular weight is 293 g/mol. The van der Waals surface area contributed by atoms with Gasteiger partial charge in [0.2, 0.25) is 0 Å². The third-order valence-corrected chi connectivity index (χ3v) is 3.32. The SMILES string of the molecule is COCCNC(CCC(=O)O)C(=O)c1cc(C)ccc1C. The summed E-state index contributed by atoms with van der Waals surface area (Å²) in [5.74, 6) is -0.962. The number of Topliss-reactive ketones (excluding diaryl/α,β-unsaturated/α-hetero) is 1. The second-order valence-corrected chi connectivity index (χ2v) is 5.11. The molecule has 0 fully saturated rings. The molecule has 1 rings (SSSR count). The Hall–Kier alpha value is -1.72. The fourth-order valence-corrected chi connectivity index (χ4v) is 2.12. The molecular weight excluding hydrogens is 270 g/mol. The van der Waals surface area contributed by atoms with Crippen molar-refractivity contribution in [1.29, 1.82) is 0 Å². The Balaban J connectivity index is 2.86. The van der Waals surface area contributed by atoms with Crippen molar-refractivity contribution in [2.75, 3.05) is 20.3 Å². The lowest BCUT2D eigenvalue weighted by Crippen LogP contribution is -2.39. The Kier molecular flexibility index (Phi) is 7.05. The van der Waals surface area contributed by atoms with Gasteiger partial charge in [-0.2, -0.15) is 0 Å². The number of ketones is 1. The van der Waals surface area contributed by atoms with Crippen LogP contribution in [0.15, 0.2) is 18.2 Å². The number of hydrogen-bond donors (Lipinski definition) is 2. The van der Waals surface area contributed by atoms with Gasteiger partial charge >= 0.3 is 5.97 Å². The van der Waals surface area contributed by atoms with E-state index >= 15 is 0 Å². The molecule has 0 spiro atoms. The summed E-state index contributed by atoms with van der Waals surface area (Å²) in [6, 6.07) is 5.21. The first-order chi connectivity index (χ1) is 9.95. The summed E-state index contributed by atoms with van der Waals surface area (Å²) in [6.07, 6.45) is 0.229. The summed E-state index contributed by atoms with van der Waals surface area (Å²) >= 11 is 0. The van der Waals surface area contributed by atoms with Gasteiger partial charge in [-0.15, -0.1) is 0 Å². The van der Waals surface area contributed by atoms with Gasteiger partial charge in [0.25, 0.3) is 0 Å². The molecule has 0 radical (unpaired) electrons. The van der Waals surface area contributed by atoms with Crippen LogP contribution in [0, 0.1) is 13.8 Å². The number of benzene rings is 1. The molecule has 1 unspecified atom stereocenters. The molecule has 2 N–H and O–H groups in total. The van der Waals surface area contributed by atoms with E-state index in [0.717, 1.165) is 11.1 Å². The summed E-state index contributed by atoms with van der Waals surface area (Å²) in [5.41, 5.74) is 2.56. The number of aliphatic carboxylic acids is 1. The van der Waals surface area contributed by atoms with Crippen LogP contribution < -0.4 is 5.32 Å². The molecule has 0 amide bonds. The molecule has 0 aromatic heterocycles. The Bertz CT molecular complexity index is 499. The molecule has 0 aliphatic rings. The molecule has 0 bridgehead atoms. The van der Waals surface area contributed by atoms with Crippen LogP contribution in [0.2, 0.25) is 0 Å². The van der Waals surface area contributed by atoms with Crippen LogP contribution in [0.4, 0.5) is 0 Å². The predicted octanol–water partition coefficient (Wildman–Crippen LogP) is 1.96. The predicted molar refractivity (Wildman–Crippen MR) is 80.8 cm³/mol. The Morgan fingerprint density at radius 3 is 2.67 bits per heavy atom. The summed E-state index contributed by atoms with van der Waals surface area (Å²) in [6.45, 7) is 4.80. The number of carbonyl (C=O) groups excluding carboxylic acids is 1. The summed E-state index contributed by atoms with van der Waals surface area (Å²) in [4.78, 5) is 23.4. The summed E-state index contributed by atoms with van der Waals surface area (Å²) in [7, 11) is 1.58. The van der Waals surface area contributed by atoms with E-state index in [4.69, 9.17) is 9.84 Å². The van der Waals surface area contributed by atoms with Gasteiger partial charge in [0.05, 0.1) is 12.6 Å². The normalized spacial score (nSPS) is 12.1. The van der Waals surface area contributed by atoms with Gasteiger partial charge in [-0.1, -0.05) is 17.7 Å². The highest BCUT2D eigenvalue weighted by Gasteiger charge is 2.21. The zero-order chi connectivity index (χ0) is 15.8. The van der Waals surface area contributed by atoms with E-state index in [0.29, 0.717) is 18.7 Å². The van der Waals surface area contributed by atoms with Gasteiger partial charge in [-0.3, -0.25) is 9.59 Å². The van der Waals surface area contributed by atoms with Crippen molar-refractivity contribution < 1.29 is 19.4 Å². The van der Waals surface area contributed by atoms with Gasteiger partial charge in [0, 0.05) is 25.6 Å². The third kappa shape index (κ3) is 5.65. The molecule has 5 nitrogen and oxygen atoms in total. The van der Waals surface area contributed by atoms with E-state index in [1.807, 2.05) is 32.0 Å². The smallest absolute Gasteiger partial charge is 0.303 e. The number of rotatable bonds is 9. The zero-order valence-electron chi connectivity index (χ0n) is 12.8. The van der Waals surface area contributed by atoms with Crippen LogP contribution in [0.3, 0.4) is 0 Å². The average Bonchev–Trinajstić information content (AvgIpc) is 2.44. The number of carboxylic acid groups (broad SMARTS) is 1. The molecule has 0 saturated heterocycles. The topological polar surface area (TPSA) is 75.6 Å². The summed E-state index contributed by atoms with van der Waals surface area (Å²) in [5, 5.41) is 11.9. The molecule has 116 valence electrons. The van der Waals surface area contributed by atoms with Crippen molar-refractivity contribution in [2.24, 2.45) is 0 Å². The van der Waals surface area contributed by atoms with Gasteiger partial charge < -0.3 is 15.2 Å². The van der Waals surface area contributed by atoms with Crippen LogP contribution in [-0.4, -0.2) is 43.2 Å². The van der Waals surface area contributed by atoms with Crippen molar-refractivity contribution in [3.63, 3.8) is 0 Å². The van der Waals surface area contributed by atoms with Crippen molar-refractivity contribution in [3.05, 3.63) is 34.9 Å². The molecule has 1 aromatic carbocycles. The number of aryl methyl sites for hydroxylation is 2. The van der Waals surface area contributed by atoms with E-state index in [-0.39, 0.29) is 18.6 Å². The van der Waals surface area contributed by atoms with Crippen LogP contribution >= 0.6 is 0 Å². The molecule has 0 aliphatic carbocycles. The molecule has 0 saturated carbocycles. The number of hydrogen-bond acceptors (Lipinski definition) is 4. The molecule has 21 heavy (non-hydrogen) atoms. The number of carbonyl (C=O) groups is 2. The van der Waals surface area contributed by atoms with E-state index in [9.17, 15) is 9.59 Å². The van der Waals surface area contributed by atoms with Crippen LogP contribution in [0.25, 0.3) is 0 Å². The molecule has 0 aliphatic heterocycles. The first-order valence-electron chi connectivity index (χ1n) is 7.01. The number of nitrogens with one attached hydrogen (secondary N) is 1. The highest BCUT2D eigenvalue weighted by molar-refractivity contribution is 6.01. The highest BCUT2D eigenvalue weighted by Crippen LogP contribution is 2.15. The van der Waals surface area contributed by atoms with E-state index in [1.54, 1.807) is 7.11 Å². The van der Waals surface area contributed by atoms with Crippen molar-refractivity contribution in [2.45, 2.75) is 32.7 Å². The van der Waals surface area contributed by atoms with Gasteiger partial charge in [0.1, 0.15) is 0 Å². The van der Waals surface area contributed by atoms with Crippen molar-refractivity contribution >= 4 is 11.8 Å². The van der Waals surface area contributed by atoms with Crippen molar-refractivity contribution in [1.82, 2.24) is 5.32 Å². The second-order valence-electron chi connectivity index (χ2n) is 5.11. The second kappa shape index (κ2) is 8.54. The molecule has 0 heterocycles. The highest BCUT2D eigenvalue weighted by atomic mass is 16.5. The van der Waals surface area contributed by atoms with Gasteiger partial charge in [-0.05, 0) is 31.9 Å². The lowest BCUT2D eigenvalue weighted by atomic mass is 9.95. The fourth-order valence-electron chi connectivity index (χ4n) is 2.12. The maximum absolute atomic E-state index is 12.6. The third-order valence-electron chi connectivity index (χ3n) is 3.32. The Morgan fingerprint density at radius 1 is 1.33 bits per heavy atom. The quantitative estimate of drug-likeness (QED) is 0.537. The van der Waals surface area contributed by atoms with Gasteiger partial charge in [0.15, 0.2) is 5.78 Å². The summed E-state index contributed by atoms with van der Waals surface area (Å²) < 4.78 is 4.96. The monoisotopic (exact) mass is 293 g/mol. The number of methoxy groups -OCH3 is 1. The number of carboxylic acids is 1. The zero-order valence-corrected chi connectivity index (χ0v) is 12.8. The largest absolute Gasteiger partial charge is 0.481 e. The van der Waals surface area contributed by atoms with Gasteiger partial charge in [-0.25, -0.2) is 0 Å². The molecular formula is C16H23NO4. The maximum Gasteiger partial charge on any atom is 0.303 e. The lowest BCUT2D eigenvalue weighted by molar-refractivity contribution is -0.137. The fraction of sp³-hybridized carbons (Fsp3) is 0.500. The van der Waals surface area contributed by atoms with Crippen LogP contribution in [0.1, 0.15) is 34.3 Å². The first-order valence-corrected chi connectivity index (χ1v) is 7.01. The minimum Gasteiger partial charge on any atom is -0.481 e. The molecule has 1 aromatic rings. The Morgan fingerprint density at radius 2 is 2.05 bits per heavy atom. The Labute approximate surface area is 125 Å².